The third kappa shape index (κ3) is 8.60. The zero-order chi connectivity index (χ0) is 34.8. The zero-order valence-electron chi connectivity index (χ0n) is 31.2. The van der Waals surface area contributed by atoms with E-state index in [0.29, 0.717) is 12.8 Å². The van der Waals surface area contributed by atoms with Crippen molar-refractivity contribution in [1.82, 2.24) is 9.80 Å². The lowest BCUT2D eigenvalue weighted by Crippen LogP contribution is -2.59. The van der Waals surface area contributed by atoms with Crippen molar-refractivity contribution in [3.63, 3.8) is 0 Å². The van der Waals surface area contributed by atoms with Gasteiger partial charge < -0.3 is 33.4 Å². The third-order valence-corrected chi connectivity index (χ3v) is 11.1. The fraction of sp³-hybridized carbons (Fsp3) is 0.889. The number of ether oxygens (including phenoxy) is 4. The third-order valence-electron chi connectivity index (χ3n) is 11.1. The quantitative estimate of drug-likeness (QED) is 0.190. The molecule has 3 heterocycles. The predicted octanol–water partition coefficient (Wildman–Crippen LogP) is 3.89. The van der Waals surface area contributed by atoms with Crippen LogP contribution in [-0.2, 0) is 28.5 Å². The number of methoxy groups -OCH3 is 1. The molecule has 2 fully saturated rings. The van der Waals surface area contributed by atoms with E-state index in [4.69, 9.17) is 18.9 Å². The molecule has 2 saturated heterocycles. The average Bonchev–Trinajstić information content (AvgIpc) is 2.97. The summed E-state index contributed by atoms with van der Waals surface area (Å²) in [5, 5.41) is 11.4. The second-order valence-electron chi connectivity index (χ2n) is 16.0. The molecule has 266 valence electrons. The molecule has 3 aliphatic heterocycles. The van der Waals surface area contributed by atoms with Crippen molar-refractivity contribution in [2.24, 2.45) is 17.3 Å². The van der Waals surface area contributed by atoms with Gasteiger partial charge in [-0.2, -0.15) is 0 Å². The highest BCUT2D eigenvalue weighted by molar-refractivity contribution is 6.04. The van der Waals surface area contributed by atoms with Crippen LogP contribution in [-0.4, -0.2) is 141 Å². The number of Topliss-reactive ketones (excluding diaryl/α,β-unsaturated/α-hetero) is 1. The van der Waals surface area contributed by atoms with E-state index in [2.05, 4.69) is 38.9 Å². The molecular formula is C36H66N3O7+. The van der Waals surface area contributed by atoms with Crippen LogP contribution in [0.25, 0.3) is 0 Å². The summed E-state index contributed by atoms with van der Waals surface area (Å²) in [6.07, 6.45) is 2.38. The van der Waals surface area contributed by atoms with E-state index >= 15 is 0 Å². The Morgan fingerprint density at radius 1 is 1.15 bits per heavy atom. The zero-order valence-corrected chi connectivity index (χ0v) is 31.2. The summed E-state index contributed by atoms with van der Waals surface area (Å²) in [5.74, 6) is -1.45. The molecule has 0 spiro atoms. The fourth-order valence-corrected chi connectivity index (χ4v) is 8.34. The van der Waals surface area contributed by atoms with Gasteiger partial charge in [0.05, 0.1) is 50.5 Å². The van der Waals surface area contributed by atoms with Gasteiger partial charge in [-0.1, -0.05) is 20.8 Å². The van der Waals surface area contributed by atoms with Gasteiger partial charge in [-0.3, -0.25) is 14.5 Å². The molecule has 3 rings (SSSR count). The molecule has 10 nitrogen and oxygen atoms in total. The van der Waals surface area contributed by atoms with Crippen LogP contribution in [0.3, 0.4) is 0 Å². The summed E-state index contributed by atoms with van der Waals surface area (Å²) in [4.78, 5) is 32.5. The van der Waals surface area contributed by atoms with Gasteiger partial charge in [0, 0.05) is 32.0 Å². The van der Waals surface area contributed by atoms with E-state index in [1.165, 1.54) is 5.57 Å². The van der Waals surface area contributed by atoms with Crippen molar-refractivity contribution in [3.8, 4) is 0 Å². The topological polar surface area (TPSA) is 97.8 Å². The van der Waals surface area contributed by atoms with Crippen LogP contribution in [0.1, 0.15) is 81.1 Å². The average molecular weight is 653 g/mol. The summed E-state index contributed by atoms with van der Waals surface area (Å²) in [6, 6.07) is -0.282. The van der Waals surface area contributed by atoms with Crippen LogP contribution in [0, 0.1) is 17.3 Å². The van der Waals surface area contributed by atoms with Gasteiger partial charge in [-0.05, 0) is 92.6 Å². The van der Waals surface area contributed by atoms with Gasteiger partial charge >= 0.3 is 5.97 Å². The van der Waals surface area contributed by atoms with Crippen molar-refractivity contribution in [2.45, 2.75) is 129 Å². The van der Waals surface area contributed by atoms with Gasteiger partial charge in [0.1, 0.15) is 17.6 Å². The summed E-state index contributed by atoms with van der Waals surface area (Å²) >= 11 is 0. The Bertz CT molecular complexity index is 1080. The van der Waals surface area contributed by atoms with E-state index in [9.17, 15) is 14.7 Å². The largest absolute Gasteiger partial charge is 0.460 e. The van der Waals surface area contributed by atoms with Crippen LogP contribution in [0.5, 0.6) is 0 Å². The number of carbonyl (C=O) groups is 2. The van der Waals surface area contributed by atoms with Crippen molar-refractivity contribution >= 4 is 11.8 Å². The van der Waals surface area contributed by atoms with Gasteiger partial charge in [0.25, 0.3) is 0 Å². The number of hydrogen-bond acceptors (Lipinski definition) is 9. The standard InChI is InChI=1S/C36H66N3O7/c1-14-17-39(12)18-15-27(16-19-39)29-26(5)45-34(42)35(6,7)31(41)25(4)32(36(8,43-13)21-23(2)22-38(29)11)46-33-30(40)28(37(9)10)20-24(3)44-33/h15,23-26,28-30,32-33,40H,14,16-22H2,1-13H3/q+1/t23-,24-,25+,26-,28+,29-,30-,32-,33+,36-,39?/m1/s1. The molecule has 46 heavy (non-hydrogen) atoms. The van der Waals surface area contributed by atoms with Crippen LogP contribution >= 0.6 is 0 Å². The number of likely N-dealkylation sites (N-methyl/N-ethyl adjacent to an activating group) is 3. The fourth-order valence-electron chi connectivity index (χ4n) is 8.34. The second-order valence-corrected chi connectivity index (χ2v) is 16.0. The molecule has 10 heteroatoms. The number of ketones is 1. The van der Waals surface area contributed by atoms with Crippen molar-refractivity contribution in [2.75, 3.05) is 61.5 Å². The van der Waals surface area contributed by atoms with Crippen LogP contribution in [0.4, 0.5) is 0 Å². The minimum atomic E-state index is -1.43. The normalized spacial score (nSPS) is 42.1. The molecule has 0 amide bonds. The molecule has 0 aromatic rings. The van der Waals surface area contributed by atoms with E-state index in [-0.39, 0.29) is 29.9 Å². The first-order valence-corrected chi connectivity index (χ1v) is 17.5. The van der Waals surface area contributed by atoms with E-state index < -0.39 is 47.5 Å². The molecular weight excluding hydrogens is 586 g/mol. The van der Waals surface area contributed by atoms with E-state index in [1.54, 1.807) is 27.9 Å². The van der Waals surface area contributed by atoms with Crippen LogP contribution < -0.4 is 0 Å². The molecule has 0 aromatic heterocycles. The highest BCUT2D eigenvalue weighted by atomic mass is 16.7. The molecule has 0 aromatic carbocycles. The molecule has 3 aliphatic rings. The SMILES string of the molecule is CCC[N+]1(C)CC=C([C@H]2[C@@H](C)OC(=O)C(C)(C)C(=O)[C@H](C)[C@@H](O[C@@H]3O[C@H](C)C[C@H](N(C)C)[C@H]3O)[C@](C)(OC)C[C@@H](C)CN2C)CC1. The molecule has 0 radical (unpaired) electrons. The van der Waals surface area contributed by atoms with E-state index in [1.807, 2.05) is 39.8 Å². The Balaban J connectivity index is 2.03. The molecule has 11 atom stereocenters. The first kappa shape index (κ1) is 39.0. The second kappa shape index (κ2) is 15.4. The number of hydrogen-bond donors (Lipinski definition) is 1. The summed E-state index contributed by atoms with van der Waals surface area (Å²) in [7, 11) is 9.93. The lowest BCUT2D eigenvalue weighted by Gasteiger charge is -2.47. The van der Waals surface area contributed by atoms with E-state index in [0.717, 1.165) is 43.5 Å². The summed E-state index contributed by atoms with van der Waals surface area (Å²) in [5.41, 5.74) is -1.07. The molecule has 0 aliphatic carbocycles. The Morgan fingerprint density at radius 3 is 2.35 bits per heavy atom. The Kier molecular flexibility index (Phi) is 13.1. The summed E-state index contributed by atoms with van der Waals surface area (Å²) < 4.78 is 26.3. The minimum absolute atomic E-state index is 0.109. The molecule has 0 bridgehead atoms. The molecule has 1 unspecified atom stereocenters. The maximum atomic E-state index is 14.4. The Hall–Kier alpha value is -1.40. The first-order chi connectivity index (χ1) is 21.3. The first-order valence-electron chi connectivity index (χ1n) is 17.5. The minimum Gasteiger partial charge on any atom is -0.460 e. The smallest absolute Gasteiger partial charge is 0.319 e. The van der Waals surface area contributed by atoms with Gasteiger partial charge in [-0.25, -0.2) is 0 Å². The monoisotopic (exact) mass is 652 g/mol. The molecule has 1 N–H and O–H groups in total. The number of aliphatic hydroxyl groups excluding tert-OH is 1. The number of rotatable bonds is 7. The lowest BCUT2D eigenvalue weighted by molar-refractivity contribution is -0.905. The number of carbonyl (C=O) groups excluding carboxylic acids is 2. The number of cyclic esters (lactones) is 1. The number of nitrogens with zero attached hydrogens (tertiary/aromatic N) is 3. The van der Waals surface area contributed by atoms with Crippen molar-refractivity contribution in [1.29, 1.82) is 0 Å². The Morgan fingerprint density at radius 2 is 1.80 bits per heavy atom. The highest BCUT2D eigenvalue weighted by Gasteiger charge is 2.52. The maximum Gasteiger partial charge on any atom is 0.319 e. The van der Waals surface area contributed by atoms with Crippen molar-refractivity contribution < 1.29 is 38.1 Å². The number of esters is 1. The number of aliphatic hydroxyl groups is 1. The highest BCUT2D eigenvalue weighted by Crippen LogP contribution is 2.39. The number of quaternary nitrogens is 1. The Labute approximate surface area is 279 Å². The van der Waals surface area contributed by atoms with Crippen molar-refractivity contribution in [3.05, 3.63) is 11.6 Å². The van der Waals surface area contributed by atoms with Gasteiger partial charge in [-0.15, -0.1) is 0 Å². The maximum absolute atomic E-state index is 14.4. The molecule has 0 saturated carbocycles. The van der Waals surface area contributed by atoms with Crippen LogP contribution in [0.2, 0.25) is 0 Å². The van der Waals surface area contributed by atoms with Crippen LogP contribution in [0.15, 0.2) is 11.6 Å². The van der Waals surface area contributed by atoms with Gasteiger partial charge in [0.2, 0.25) is 0 Å². The predicted molar refractivity (Wildman–Crippen MR) is 180 cm³/mol. The van der Waals surface area contributed by atoms with Gasteiger partial charge in [0.15, 0.2) is 12.1 Å². The summed E-state index contributed by atoms with van der Waals surface area (Å²) in [6.45, 7) is 19.3. The lowest BCUT2D eigenvalue weighted by atomic mass is 9.74.